The molecule has 0 bridgehead atoms. The normalized spacial score (nSPS) is 11.4. The zero-order chi connectivity index (χ0) is 17.0. The van der Waals surface area contributed by atoms with Crippen molar-refractivity contribution in [2.24, 2.45) is 0 Å². The Morgan fingerprint density at radius 3 is 2.52 bits per heavy atom. The van der Waals surface area contributed by atoms with Gasteiger partial charge in [0.05, 0.1) is 17.2 Å². The number of aryl methyl sites for hydroxylation is 2. The molecule has 1 aromatic heterocycles. The Morgan fingerprint density at radius 2 is 1.91 bits per heavy atom. The van der Waals surface area contributed by atoms with E-state index in [-0.39, 0.29) is 17.4 Å². The number of hydrogen-bond acceptors (Lipinski definition) is 6. The van der Waals surface area contributed by atoms with Gasteiger partial charge in [0.25, 0.3) is 10.1 Å². The Balaban J connectivity index is 1.97. The van der Waals surface area contributed by atoms with Gasteiger partial charge in [-0.25, -0.2) is 4.98 Å². The van der Waals surface area contributed by atoms with E-state index in [9.17, 15) is 13.2 Å². The van der Waals surface area contributed by atoms with Gasteiger partial charge in [0.2, 0.25) is 5.91 Å². The molecule has 0 unspecified atom stereocenters. The standard InChI is InChI=1S/C15H18N2O4S2/c1-10-4-6-13(7-5-10)23(19,20)21-9-8-14-11(2)16-15(22-14)17-12(3)18/h4-7H,8-9H2,1-3H3,(H,16,17,18). The van der Waals surface area contributed by atoms with Gasteiger partial charge in [-0.1, -0.05) is 17.7 Å². The zero-order valence-corrected chi connectivity index (χ0v) is 14.8. The lowest BCUT2D eigenvalue weighted by atomic mass is 10.2. The maximum Gasteiger partial charge on any atom is 0.296 e. The van der Waals surface area contributed by atoms with Crippen LogP contribution in [0.3, 0.4) is 0 Å². The van der Waals surface area contributed by atoms with Crippen molar-refractivity contribution in [2.75, 3.05) is 11.9 Å². The van der Waals surface area contributed by atoms with Crippen LogP contribution < -0.4 is 5.32 Å². The maximum atomic E-state index is 12.1. The summed E-state index contributed by atoms with van der Waals surface area (Å²) in [6.07, 6.45) is 0.411. The summed E-state index contributed by atoms with van der Waals surface area (Å²) in [5, 5.41) is 3.12. The Morgan fingerprint density at radius 1 is 1.26 bits per heavy atom. The van der Waals surface area contributed by atoms with Crippen LogP contribution in [-0.4, -0.2) is 25.9 Å². The Labute approximate surface area is 139 Å². The van der Waals surface area contributed by atoms with Crippen LogP contribution in [0.25, 0.3) is 0 Å². The number of benzene rings is 1. The van der Waals surface area contributed by atoms with E-state index in [0.29, 0.717) is 11.6 Å². The first-order valence-electron chi connectivity index (χ1n) is 6.98. The Hall–Kier alpha value is -1.77. The van der Waals surface area contributed by atoms with Crippen molar-refractivity contribution in [2.45, 2.75) is 32.1 Å². The predicted octanol–water partition coefficient (Wildman–Crippen LogP) is 2.67. The topological polar surface area (TPSA) is 85.4 Å². The van der Waals surface area contributed by atoms with Crippen LogP contribution in [0.2, 0.25) is 0 Å². The Bertz CT molecular complexity index is 795. The highest BCUT2D eigenvalue weighted by Gasteiger charge is 2.16. The summed E-state index contributed by atoms with van der Waals surface area (Å²) < 4.78 is 29.2. The molecule has 1 N–H and O–H groups in total. The van der Waals surface area contributed by atoms with Gasteiger partial charge in [0.15, 0.2) is 5.13 Å². The average Bonchev–Trinajstić information content (AvgIpc) is 2.78. The molecular weight excluding hydrogens is 336 g/mol. The van der Waals surface area contributed by atoms with E-state index in [4.69, 9.17) is 4.18 Å². The van der Waals surface area contributed by atoms with Crippen molar-refractivity contribution in [3.05, 3.63) is 40.4 Å². The van der Waals surface area contributed by atoms with Crippen LogP contribution >= 0.6 is 11.3 Å². The molecule has 0 radical (unpaired) electrons. The molecule has 0 saturated carbocycles. The monoisotopic (exact) mass is 354 g/mol. The molecule has 0 saturated heterocycles. The molecule has 2 rings (SSSR count). The zero-order valence-electron chi connectivity index (χ0n) is 13.1. The molecule has 0 spiro atoms. The summed E-state index contributed by atoms with van der Waals surface area (Å²) >= 11 is 1.32. The number of rotatable bonds is 6. The SMILES string of the molecule is CC(=O)Nc1nc(C)c(CCOS(=O)(=O)c2ccc(C)cc2)s1. The summed E-state index contributed by atoms with van der Waals surface area (Å²) in [6.45, 7) is 5.13. The first kappa shape index (κ1) is 17.6. The predicted molar refractivity (Wildman–Crippen MR) is 89.2 cm³/mol. The third-order valence-corrected chi connectivity index (χ3v) is 5.51. The molecular formula is C15H18N2O4S2. The van der Waals surface area contributed by atoms with E-state index in [2.05, 4.69) is 10.3 Å². The summed E-state index contributed by atoms with van der Waals surface area (Å²) in [5.41, 5.74) is 1.74. The van der Waals surface area contributed by atoms with E-state index in [1.807, 2.05) is 13.8 Å². The number of amides is 1. The highest BCUT2D eigenvalue weighted by molar-refractivity contribution is 7.86. The van der Waals surface area contributed by atoms with Crippen LogP contribution in [-0.2, 0) is 25.5 Å². The highest BCUT2D eigenvalue weighted by atomic mass is 32.2. The van der Waals surface area contributed by atoms with Crippen LogP contribution in [0.4, 0.5) is 5.13 Å². The second-order valence-corrected chi connectivity index (χ2v) is 7.75. The molecule has 8 heteroatoms. The van der Waals surface area contributed by atoms with Gasteiger partial charge in [-0.2, -0.15) is 8.42 Å². The largest absolute Gasteiger partial charge is 0.302 e. The second-order valence-electron chi connectivity index (χ2n) is 5.05. The molecule has 0 aliphatic carbocycles. The van der Waals surface area contributed by atoms with Crippen LogP contribution in [0, 0.1) is 13.8 Å². The molecule has 0 aliphatic heterocycles. The van der Waals surface area contributed by atoms with Crippen LogP contribution in [0.5, 0.6) is 0 Å². The maximum absolute atomic E-state index is 12.1. The highest BCUT2D eigenvalue weighted by Crippen LogP contribution is 2.23. The number of nitrogens with zero attached hydrogens (tertiary/aromatic N) is 1. The minimum atomic E-state index is -3.76. The van der Waals surface area contributed by atoms with E-state index >= 15 is 0 Å². The van der Waals surface area contributed by atoms with Crippen LogP contribution in [0.15, 0.2) is 29.2 Å². The summed E-state index contributed by atoms with van der Waals surface area (Å²) in [6, 6.07) is 6.50. The number of hydrogen-bond donors (Lipinski definition) is 1. The number of thiazole rings is 1. The molecule has 23 heavy (non-hydrogen) atoms. The summed E-state index contributed by atoms with van der Waals surface area (Å²) in [7, 11) is -3.76. The van der Waals surface area contributed by atoms with E-state index in [1.165, 1.54) is 30.4 Å². The number of carbonyl (C=O) groups excluding carboxylic acids is 1. The van der Waals surface area contributed by atoms with Crippen molar-refractivity contribution < 1.29 is 17.4 Å². The molecule has 1 aromatic carbocycles. The number of carbonyl (C=O) groups is 1. The summed E-state index contributed by atoms with van der Waals surface area (Å²) in [4.78, 5) is 16.3. The first-order valence-corrected chi connectivity index (χ1v) is 9.20. The lowest BCUT2D eigenvalue weighted by Gasteiger charge is -2.05. The first-order chi connectivity index (χ1) is 10.8. The van der Waals surface area contributed by atoms with Crippen molar-refractivity contribution >= 4 is 32.5 Å². The molecule has 6 nitrogen and oxygen atoms in total. The van der Waals surface area contributed by atoms with Gasteiger partial charge in [-0.15, -0.1) is 11.3 Å². The molecule has 1 amide bonds. The van der Waals surface area contributed by atoms with Gasteiger partial charge in [-0.3, -0.25) is 8.98 Å². The quantitative estimate of drug-likeness (QED) is 0.806. The fourth-order valence-corrected chi connectivity index (χ4v) is 3.78. The lowest BCUT2D eigenvalue weighted by molar-refractivity contribution is -0.114. The van der Waals surface area contributed by atoms with Gasteiger partial charge < -0.3 is 5.32 Å². The number of aromatic nitrogens is 1. The van der Waals surface area contributed by atoms with E-state index in [0.717, 1.165) is 16.1 Å². The molecule has 2 aromatic rings. The van der Waals surface area contributed by atoms with Gasteiger partial charge in [0, 0.05) is 18.2 Å². The van der Waals surface area contributed by atoms with Crippen LogP contribution in [0.1, 0.15) is 23.1 Å². The molecule has 1 heterocycles. The summed E-state index contributed by atoms with van der Waals surface area (Å²) in [5.74, 6) is -0.191. The fourth-order valence-electron chi connectivity index (χ4n) is 1.88. The van der Waals surface area contributed by atoms with Crippen molar-refractivity contribution in [3.63, 3.8) is 0 Å². The molecule has 0 aliphatic rings. The molecule has 0 fully saturated rings. The second kappa shape index (κ2) is 7.20. The fraction of sp³-hybridized carbons (Fsp3) is 0.333. The number of anilines is 1. The molecule has 0 atom stereocenters. The molecule has 124 valence electrons. The van der Waals surface area contributed by atoms with E-state index < -0.39 is 10.1 Å². The Kier molecular flexibility index (Phi) is 5.51. The lowest BCUT2D eigenvalue weighted by Crippen LogP contribution is -2.09. The third kappa shape index (κ3) is 4.85. The minimum Gasteiger partial charge on any atom is -0.302 e. The van der Waals surface area contributed by atoms with Gasteiger partial charge in [0.1, 0.15) is 0 Å². The van der Waals surface area contributed by atoms with Gasteiger partial charge in [-0.05, 0) is 26.0 Å². The average molecular weight is 354 g/mol. The van der Waals surface area contributed by atoms with Crippen molar-refractivity contribution in [1.29, 1.82) is 0 Å². The van der Waals surface area contributed by atoms with Gasteiger partial charge >= 0.3 is 0 Å². The van der Waals surface area contributed by atoms with E-state index in [1.54, 1.807) is 12.1 Å². The minimum absolute atomic E-state index is 0.0265. The van der Waals surface area contributed by atoms with Crippen molar-refractivity contribution in [3.8, 4) is 0 Å². The van der Waals surface area contributed by atoms with Crippen molar-refractivity contribution in [1.82, 2.24) is 4.98 Å². The number of nitrogens with one attached hydrogen (secondary N) is 1. The smallest absolute Gasteiger partial charge is 0.296 e. The third-order valence-electron chi connectivity index (χ3n) is 3.05.